The van der Waals surface area contributed by atoms with Crippen molar-refractivity contribution in [3.05, 3.63) is 83.0 Å². The number of rotatable bonds is 7. The summed E-state index contributed by atoms with van der Waals surface area (Å²) in [6.45, 7) is 6.62. The van der Waals surface area contributed by atoms with E-state index in [1.165, 1.54) is 10.8 Å². The third-order valence-corrected chi connectivity index (χ3v) is 5.87. The zero-order chi connectivity index (χ0) is 22.1. The summed E-state index contributed by atoms with van der Waals surface area (Å²) in [5.41, 5.74) is 9.88. The van der Waals surface area contributed by atoms with E-state index >= 15 is 0 Å². The maximum Gasteiger partial charge on any atom is 0.248 e. The Morgan fingerprint density at radius 2 is 1.71 bits per heavy atom. The highest BCUT2D eigenvalue weighted by Gasteiger charge is 2.24. The largest absolute Gasteiger partial charge is 0.366 e. The zero-order valence-corrected chi connectivity index (χ0v) is 18.3. The number of amides is 1. The average molecular weight is 413 g/mol. The molecule has 4 rings (SSSR count). The van der Waals surface area contributed by atoms with E-state index in [-0.39, 0.29) is 11.7 Å². The smallest absolute Gasteiger partial charge is 0.248 e. The molecule has 0 aliphatic rings. The van der Waals surface area contributed by atoms with Crippen molar-refractivity contribution in [2.45, 2.75) is 40.2 Å². The first-order valence-electron chi connectivity index (χ1n) is 10.9. The van der Waals surface area contributed by atoms with Crippen LogP contribution >= 0.6 is 0 Å². The fourth-order valence-corrected chi connectivity index (χ4v) is 4.32. The molecule has 158 valence electrons. The number of hydrogen-bond donors (Lipinski definition) is 1. The van der Waals surface area contributed by atoms with Crippen LogP contribution in [0.4, 0.5) is 0 Å². The number of nitrogens with zero attached hydrogens (tertiary/aromatic N) is 1. The Kier molecular flexibility index (Phi) is 5.64. The number of hydrogen-bond acceptors (Lipinski definition) is 2. The van der Waals surface area contributed by atoms with Gasteiger partial charge in [0, 0.05) is 34.7 Å². The maximum absolute atomic E-state index is 13.2. The van der Waals surface area contributed by atoms with Crippen molar-refractivity contribution in [2.24, 2.45) is 11.7 Å². The number of Topliss-reactive ketones (excluding diaryl/α,β-unsaturated/α-hetero) is 1. The van der Waals surface area contributed by atoms with E-state index < -0.39 is 5.91 Å². The molecule has 0 aliphatic heterocycles. The number of ketones is 1. The fourth-order valence-electron chi connectivity index (χ4n) is 4.32. The van der Waals surface area contributed by atoms with Gasteiger partial charge in [-0.25, -0.2) is 0 Å². The lowest BCUT2D eigenvalue weighted by molar-refractivity contribution is 0.0939. The maximum atomic E-state index is 13.2. The summed E-state index contributed by atoms with van der Waals surface area (Å²) in [7, 11) is 0. The molecule has 4 aromatic rings. The third-order valence-electron chi connectivity index (χ3n) is 5.87. The molecule has 0 saturated heterocycles. The van der Waals surface area contributed by atoms with Crippen LogP contribution < -0.4 is 5.73 Å². The van der Waals surface area contributed by atoms with E-state index in [4.69, 9.17) is 5.73 Å². The van der Waals surface area contributed by atoms with Gasteiger partial charge in [-0.1, -0.05) is 69.7 Å². The molecule has 0 fully saturated rings. The topological polar surface area (TPSA) is 65.1 Å². The summed E-state index contributed by atoms with van der Waals surface area (Å²) >= 11 is 0. The van der Waals surface area contributed by atoms with Crippen LogP contribution in [-0.4, -0.2) is 16.3 Å². The van der Waals surface area contributed by atoms with E-state index in [0.717, 1.165) is 40.6 Å². The molecule has 1 heterocycles. The van der Waals surface area contributed by atoms with Crippen LogP contribution in [-0.2, 0) is 13.0 Å². The molecule has 0 unspecified atom stereocenters. The molecule has 4 heteroatoms. The van der Waals surface area contributed by atoms with E-state index in [2.05, 4.69) is 41.8 Å². The number of carbonyl (C=O) groups excluding carboxylic acids is 2. The van der Waals surface area contributed by atoms with Crippen molar-refractivity contribution in [3.8, 4) is 0 Å². The predicted molar refractivity (Wildman–Crippen MR) is 127 cm³/mol. The predicted octanol–water partition coefficient (Wildman–Crippen LogP) is 5.73. The molecule has 4 nitrogen and oxygen atoms in total. The summed E-state index contributed by atoms with van der Waals surface area (Å²) in [6, 6.07) is 20.2. The Hall–Kier alpha value is -3.40. The number of carbonyl (C=O) groups is 2. The van der Waals surface area contributed by atoms with Crippen molar-refractivity contribution in [2.75, 3.05) is 0 Å². The van der Waals surface area contributed by atoms with E-state index in [1.54, 1.807) is 6.07 Å². The highest BCUT2D eigenvalue weighted by molar-refractivity contribution is 6.11. The highest BCUT2D eigenvalue weighted by Crippen LogP contribution is 2.31. The summed E-state index contributed by atoms with van der Waals surface area (Å²) in [5.74, 6) is -0.433. The van der Waals surface area contributed by atoms with Crippen molar-refractivity contribution in [3.63, 3.8) is 0 Å². The lowest BCUT2D eigenvalue weighted by atomic mass is 9.96. The number of benzene rings is 3. The van der Waals surface area contributed by atoms with Crippen LogP contribution in [0, 0.1) is 5.92 Å². The Morgan fingerprint density at radius 1 is 0.968 bits per heavy atom. The van der Waals surface area contributed by atoms with Gasteiger partial charge in [0.2, 0.25) is 5.91 Å². The Balaban J connectivity index is 1.95. The SMILES string of the molecule is CCCc1c(C(=O)C(C)C)c2ccc(C(N)=O)cc2n1Cc1ccc2ccccc2c1. The first kappa shape index (κ1) is 20.9. The number of primary amides is 1. The lowest BCUT2D eigenvalue weighted by Gasteiger charge is -2.13. The number of fused-ring (bicyclic) bond motifs is 2. The van der Waals surface area contributed by atoms with Crippen molar-refractivity contribution in [1.82, 2.24) is 4.57 Å². The van der Waals surface area contributed by atoms with Gasteiger partial charge >= 0.3 is 0 Å². The molecule has 0 spiro atoms. The van der Waals surface area contributed by atoms with Crippen molar-refractivity contribution in [1.29, 1.82) is 0 Å². The minimum absolute atomic E-state index is 0.105. The fraction of sp³-hybridized carbons (Fsp3) is 0.259. The van der Waals surface area contributed by atoms with Crippen LogP contribution in [0.15, 0.2) is 60.7 Å². The van der Waals surface area contributed by atoms with Gasteiger partial charge in [0.15, 0.2) is 5.78 Å². The Morgan fingerprint density at radius 3 is 2.39 bits per heavy atom. The molecular weight excluding hydrogens is 384 g/mol. The lowest BCUT2D eigenvalue weighted by Crippen LogP contribution is -2.12. The quantitative estimate of drug-likeness (QED) is 0.394. The standard InChI is InChI=1S/C27H28N2O2/c1-4-7-23-25(26(30)17(2)3)22-13-12-21(27(28)31)15-24(22)29(23)16-18-10-11-19-8-5-6-9-20(19)14-18/h5-6,8-15,17H,4,7,16H2,1-3H3,(H2,28,31). The normalized spacial score (nSPS) is 11.5. The van der Waals surface area contributed by atoms with Crippen molar-refractivity contribution < 1.29 is 9.59 Å². The highest BCUT2D eigenvalue weighted by atomic mass is 16.1. The second kappa shape index (κ2) is 8.38. The summed E-state index contributed by atoms with van der Waals surface area (Å²) in [5, 5.41) is 3.28. The molecule has 0 aliphatic carbocycles. The van der Waals surface area contributed by atoms with Crippen molar-refractivity contribution >= 4 is 33.4 Å². The van der Waals surface area contributed by atoms with Gasteiger partial charge in [-0.15, -0.1) is 0 Å². The first-order valence-corrected chi connectivity index (χ1v) is 10.9. The van der Waals surface area contributed by atoms with Gasteiger partial charge in [0.1, 0.15) is 0 Å². The van der Waals surface area contributed by atoms with Gasteiger partial charge < -0.3 is 10.3 Å². The molecule has 1 aromatic heterocycles. The Labute approximate surface area is 182 Å². The molecule has 0 bridgehead atoms. The van der Waals surface area contributed by atoms with Gasteiger partial charge in [0.05, 0.1) is 5.52 Å². The van der Waals surface area contributed by atoms with Gasteiger partial charge in [-0.3, -0.25) is 9.59 Å². The minimum atomic E-state index is -0.464. The van der Waals surface area contributed by atoms with Crippen LogP contribution in [0.3, 0.4) is 0 Å². The third kappa shape index (κ3) is 3.86. The Bertz CT molecular complexity index is 1300. The molecular formula is C27H28N2O2. The molecule has 3 aromatic carbocycles. The van der Waals surface area contributed by atoms with E-state index in [0.29, 0.717) is 12.1 Å². The molecule has 1 amide bonds. The summed E-state index contributed by atoms with van der Waals surface area (Å²) in [4.78, 5) is 25.1. The summed E-state index contributed by atoms with van der Waals surface area (Å²) in [6.07, 6.45) is 1.72. The second-order valence-corrected chi connectivity index (χ2v) is 8.45. The molecule has 31 heavy (non-hydrogen) atoms. The minimum Gasteiger partial charge on any atom is -0.366 e. The van der Waals surface area contributed by atoms with Crippen LogP contribution in [0.1, 0.15) is 59.2 Å². The van der Waals surface area contributed by atoms with E-state index in [1.807, 2.05) is 38.1 Å². The number of nitrogens with two attached hydrogens (primary N) is 1. The zero-order valence-electron chi connectivity index (χ0n) is 18.3. The molecule has 0 saturated carbocycles. The number of aromatic nitrogens is 1. The summed E-state index contributed by atoms with van der Waals surface area (Å²) < 4.78 is 2.20. The van der Waals surface area contributed by atoms with Gasteiger partial charge in [-0.05, 0) is 41.0 Å². The van der Waals surface area contributed by atoms with Gasteiger partial charge in [0.25, 0.3) is 0 Å². The molecule has 2 N–H and O–H groups in total. The molecule has 0 radical (unpaired) electrons. The van der Waals surface area contributed by atoms with Crippen LogP contribution in [0.5, 0.6) is 0 Å². The molecule has 0 atom stereocenters. The second-order valence-electron chi connectivity index (χ2n) is 8.45. The van der Waals surface area contributed by atoms with Crippen LogP contribution in [0.25, 0.3) is 21.7 Å². The first-order chi connectivity index (χ1) is 14.9. The van der Waals surface area contributed by atoms with E-state index in [9.17, 15) is 9.59 Å². The monoisotopic (exact) mass is 412 g/mol. The van der Waals surface area contributed by atoms with Crippen LogP contribution in [0.2, 0.25) is 0 Å². The van der Waals surface area contributed by atoms with Gasteiger partial charge in [-0.2, -0.15) is 0 Å². The average Bonchev–Trinajstić information content (AvgIpc) is 3.05.